The summed E-state index contributed by atoms with van der Waals surface area (Å²) < 4.78 is 5.28. The van der Waals surface area contributed by atoms with Gasteiger partial charge >= 0.3 is 5.97 Å². The largest absolute Gasteiger partial charge is 0.480 e. The van der Waals surface area contributed by atoms with Crippen molar-refractivity contribution in [1.82, 2.24) is 5.32 Å². The molecule has 0 unspecified atom stereocenters. The van der Waals surface area contributed by atoms with Gasteiger partial charge in [-0.25, -0.2) is 4.79 Å². The second-order valence-corrected chi connectivity index (χ2v) is 4.61. The molecular formula is C13H19NO4. The zero-order valence-electron chi connectivity index (χ0n) is 10.9. The summed E-state index contributed by atoms with van der Waals surface area (Å²) in [7, 11) is 0. The van der Waals surface area contributed by atoms with Crippen LogP contribution < -0.4 is 5.32 Å². The van der Waals surface area contributed by atoms with Gasteiger partial charge in [0.05, 0.1) is 0 Å². The number of nitrogens with one attached hydrogen (secondary N) is 1. The zero-order chi connectivity index (χ0) is 13.7. The molecule has 1 aromatic heterocycles. The molecule has 5 heteroatoms. The third kappa shape index (κ3) is 3.91. The Morgan fingerprint density at radius 2 is 2.06 bits per heavy atom. The van der Waals surface area contributed by atoms with Gasteiger partial charge in [-0.15, -0.1) is 0 Å². The lowest BCUT2D eigenvalue weighted by Crippen LogP contribution is -2.41. The predicted octanol–water partition coefficient (Wildman–Crippen LogP) is 2.07. The van der Waals surface area contributed by atoms with Gasteiger partial charge in [0, 0.05) is 6.42 Å². The first-order valence-corrected chi connectivity index (χ1v) is 6.06. The number of hydrogen-bond acceptors (Lipinski definition) is 3. The van der Waals surface area contributed by atoms with E-state index in [2.05, 4.69) is 5.32 Å². The number of amides is 1. The first-order valence-electron chi connectivity index (χ1n) is 6.06. The van der Waals surface area contributed by atoms with Crippen LogP contribution in [0.25, 0.3) is 0 Å². The summed E-state index contributed by atoms with van der Waals surface area (Å²) in [6.07, 6.45) is 1.09. The fraction of sp³-hybridized carbons (Fsp3) is 0.538. The lowest BCUT2D eigenvalue weighted by molar-refractivity contribution is -0.139. The molecule has 0 aliphatic rings. The third-order valence-corrected chi connectivity index (χ3v) is 2.54. The van der Waals surface area contributed by atoms with E-state index in [1.165, 1.54) is 0 Å². The van der Waals surface area contributed by atoms with Crippen LogP contribution in [0.15, 0.2) is 16.5 Å². The van der Waals surface area contributed by atoms with Crippen molar-refractivity contribution in [3.8, 4) is 0 Å². The molecule has 18 heavy (non-hydrogen) atoms. The molecule has 0 radical (unpaired) electrons. The number of aryl methyl sites for hydroxylation is 1. The van der Waals surface area contributed by atoms with E-state index in [-0.39, 0.29) is 11.7 Å². The molecule has 2 N–H and O–H groups in total. The minimum atomic E-state index is -1.03. The summed E-state index contributed by atoms with van der Waals surface area (Å²) in [5.41, 5.74) is 0. The molecule has 1 heterocycles. The minimum Gasteiger partial charge on any atom is -0.480 e. The summed E-state index contributed by atoms with van der Waals surface area (Å²) in [6.45, 7) is 5.73. The van der Waals surface area contributed by atoms with E-state index in [4.69, 9.17) is 9.52 Å². The van der Waals surface area contributed by atoms with Crippen molar-refractivity contribution >= 4 is 11.9 Å². The Morgan fingerprint density at radius 1 is 1.39 bits per heavy atom. The van der Waals surface area contributed by atoms with Gasteiger partial charge in [0.25, 0.3) is 5.91 Å². The van der Waals surface area contributed by atoms with E-state index in [0.29, 0.717) is 18.6 Å². The summed E-state index contributed by atoms with van der Waals surface area (Å²) >= 11 is 0. The molecule has 0 aliphatic heterocycles. The average molecular weight is 253 g/mol. The molecule has 0 aromatic carbocycles. The monoisotopic (exact) mass is 253 g/mol. The smallest absolute Gasteiger partial charge is 0.326 e. The Morgan fingerprint density at radius 3 is 2.50 bits per heavy atom. The van der Waals surface area contributed by atoms with Crippen LogP contribution in [0.4, 0.5) is 0 Å². The molecule has 0 saturated heterocycles. The van der Waals surface area contributed by atoms with Gasteiger partial charge in [0.15, 0.2) is 5.76 Å². The molecule has 0 saturated carbocycles. The van der Waals surface area contributed by atoms with Crippen LogP contribution in [0.1, 0.15) is 43.5 Å². The molecule has 1 aromatic rings. The molecule has 100 valence electrons. The number of furan rings is 1. The Hall–Kier alpha value is -1.78. The van der Waals surface area contributed by atoms with Gasteiger partial charge in [0.2, 0.25) is 0 Å². The number of hydrogen-bond donors (Lipinski definition) is 2. The lowest BCUT2D eigenvalue weighted by atomic mass is 10.0. The van der Waals surface area contributed by atoms with Gasteiger partial charge in [-0.2, -0.15) is 0 Å². The summed E-state index contributed by atoms with van der Waals surface area (Å²) in [5, 5.41) is 11.5. The van der Waals surface area contributed by atoms with E-state index < -0.39 is 17.9 Å². The van der Waals surface area contributed by atoms with Crippen LogP contribution in [-0.2, 0) is 11.2 Å². The summed E-state index contributed by atoms with van der Waals surface area (Å²) in [6, 6.07) is 2.39. The molecule has 1 amide bonds. The van der Waals surface area contributed by atoms with Crippen LogP contribution in [-0.4, -0.2) is 23.0 Å². The van der Waals surface area contributed by atoms with Crippen molar-refractivity contribution in [3.05, 3.63) is 23.7 Å². The normalized spacial score (nSPS) is 12.4. The second kappa shape index (κ2) is 6.23. The second-order valence-electron chi connectivity index (χ2n) is 4.61. The van der Waals surface area contributed by atoms with E-state index in [1.54, 1.807) is 12.1 Å². The molecule has 0 fully saturated rings. The van der Waals surface area contributed by atoms with Crippen molar-refractivity contribution in [2.24, 2.45) is 5.92 Å². The topological polar surface area (TPSA) is 79.5 Å². The highest BCUT2D eigenvalue weighted by Gasteiger charge is 2.23. The van der Waals surface area contributed by atoms with Crippen molar-refractivity contribution in [1.29, 1.82) is 0 Å². The fourth-order valence-electron chi connectivity index (χ4n) is 1.61. The van der Waals surface area contributed by atoms with E-state index >= 15 is 0 Å². The van der Waals surface area contributed by atoms with Gasteiger partial charge in [-0.1, -0.05) is 20.8 Å². The van der Waals surface area contributed by atoms with Gasteiger partial charge in [-0.05, 0) is 24.5 Å². The highest BCUT2D eigenvalue weighted by atomic mass is 16.4. The maximum atomic E-state index is 11.8. The van der Waals surface area contributed by atoms with Crippen LogP contribution >= 0.6 is 0 Å². The van der Waals surface area contributed by atoms with Crippen molar-refractivity contribution in [2.75, 3.05) is 0 Å². The number of carboxylic acid groups (broad SMARTS) is 1. The number of carbonyl (C=O) groups excluding carboxylic acids is 1. The van der Waals surface area contributed by atoms with Gasteiger partial charge in [-0.3, -0.25) is 4.79 Å². The predicted molar refractivity (Wildman–Crippen MR) is 66.4 cm³/mol. The average Bonchev–Trinajstić information content (AvgIpc) is 2.75. The lowest BCUT2D eigenvalue weighted by Gasteiger charge is -2.15. The maximum Gasteiger partial charge on any atom is 0.326 e. The molecule has 5 nitrogen and oxygen atoms in total. The Balaban J connectivity index is 2.69. The minimum absolute atomic E-state index is 0.154. The molecule has 1 rings (SSSR count). The standard InChI is InChI=1S/C13H19NO4/c1-4-9-5-6-11(18-9)12(15)14-10(13(16)17)7-8(2)3/h5-6,8,10H,4,7H2,1-3H3,(H,14,15)(H,16,17)/t10-/m0/s1. The zero-order valence-corrected chi connectivity index (χ0v) is 10.9. The van der Waals surface area contributed by atoms with Crippen molar-refractivity contribution < 1.29 is 19.1 Å². The highest BCUT2D eigenvalue weighted by molar-refractivity contribution is 5.94. The highest BCUT2D eigenvalue weighted by Crippen LogP contribution is 2.10. The Labute approximate surface area is 106 Å². The first-order chi connectivity index (χ1) is 8.43. The maximum absolute atomic E-state index is 11.8. The van der Waals surface area contributed by atoms with E-state index in [1.807, 2.05) is 20.8 Å². The molecule has 0 bridgehead atoms. The first kappa shape index (κ1) is 14.3. The van der Waals surface area contributed by atoms with Crippen LogP contribution in [0.3, 0.4) is 0 Å². The Bertz CT molecular complexity index is 422. The SMILES string of the molecule is CCc1ccc(C(=O)N[C@@H](CC(C)C)C(=O)O)o1. The van der Waals surface area contributed by atoms with Crippen LogP contribution in [0.2, 0.25) is 0 Å². The van der Waals surface area contributed by atoms with E-state index in [9.17, 15) is 9.59 Å². The number of rotatable bonds is 6. The summed E-state index contributed by atoms with van der Waals surface area (Å²) in [5.74, 6) is -0.464. The van der Waals surface area contributed by atoms with E-state index in [0.717, 1.165) is 0 Å². The van der Waals surface area contributed by atoms with Crippen molar-refractivity contribution in [2.45, 2.75) is 39.7 Å². The van der Waals surface area contributed by atoms with Crippen LogP contribution in [0, 0.1) is 5.92 Å². The van der Waals surface area contributed by atoms with Crippen molar-refractivity contribution in [3.63, 3.8) is 0 Å². The number of carboxylic acids is 1. The fourth-order valence-corrected chi connectivity index (χ4v) is 1.61. The quantitative estimate of drug-likeness (QED) is 0.813. The molecule has 1 atom stereocenters. The van der Waals surface area contributed by atoms with Crippen LogP contribution in [0.5, 0.6) is 0 Å². The molecular weight excluding hydrogens is 234 g/mol. The molecule has 0 aliphatic carbocycles. The summed E-state index contributed by atoms with van der Waals surface area (Å²) in [4.78, 5) is 22.8. The number of carbonyl (C=O) groups is 2. The molecule has 0 spiro atoms. The van der Waals surface area contributed by atoms with Gasteiger partial charge in [0.1, 0.15) is 11.8 Å². The number of aliphatic carboxylic acids is 1. The van der Waals surface area contributed by atoms with Gasteiger partial charge < -0.3 is 14.8 Å². The third-order valence-electron chi connectivity index (χ3n) is 2.54. The Kier molecular flexibility index (Phi) is 4.95.